The van der Waals surface area contributed by atoms with E-state index in [1.54, 1.807) is 6.08 Å². The highest BCUT2D eigenvalue weighted by Crippen LogP contribution is 2.23. The molecule has 0 bridgehead atoms. The number of anilines is 1. The maximum absolute atomic E-state index is 11.8. The number of hydrogen-bond acceptors (Lipinski definition) is 3. The summed E-state index contributed by atoms with van der Waals surface area (Å²) in [6.07, 6.45) is 3.09. The Bertz CT molecular complexity index is 727. The van der Waals surface area contributed by atoms with Gasteiger partial charge < -0.3 is 10.4 Å². The fourth-order valence-corrected chi connectivity index (χ4v) is 3.11. The van der Waals surface area contributed by atoms with Gasteiger partial charge in [0.15, 0.2) is 0 Å². The molecule has 1 heterocycles. The first-order valence-corrected chi connectivity index (χ1v) is 7.71. The number of hydrogen-bond donors (Lipinski definition) is 2. The highest BCUT2D eigenvalue weighted by molar-refractivity contribution is 9.11. The van der Waals surface area contributed by atoms with Gasteiger partial charge in [0.1, 0.15) is 0 Å². The first kappa shape index (κ1) is 15.8. The number of thiophene rings is 1. The van der Waals surface area contributed by atoms with Gasteiger partial charge in [-0.05, 0) is 52.3 Å². The molecule has 21 heavy (non-hydrogen) atoms. The van der Waals surface area contributed by atoms with Gasteiger partial charge in [0.05, 0.1) is 14.4 Å². The number of nitrogens with one attached hydrogen (secondary N) is 1. The minimum Gasteiger partial charge on any atom is -0.478 e. The largest absolute Gasteiger partial charge is 0.478 e. The van der Waals surface area contributed by atoms with Gasteiger partial charge in [-0.1, -0.05) is 11.6 Å². The Labute approximate surface area is 138 Å². The normalized spacial score (nSPS) is 10.8. The number of rotatable bonds is 4. The van der Waals surface area contributed by atoms with Crippen molar-refractivity contribution in [3.63, 3.8) is 0 Å². The number of carbonyl (C=O) groups excluding carboxylic acids is 1. The van der Waals surface area contributed by atoms with Crippen LogP contribution in [0.15, 0.2) is 40.2 Å². The van der Waals surface area contributed by atoms with E-state index in [0.29, 0.717) is 5.69 Å². The predicted octanol–water partition coefficient (Wildman–Crippen LogP) is 4.51. The van der Waals surface area contributed by atoms with Crippen LogP contribution < -0.4 is 5.32 Å². The zero-order chi connectivity index (χ0) is 15.4. The number of amides is 1. The second-order valence-corrected chi connectivity index (χ2v) is 6.87. The molecule has 0 aliphatic heterocycles. The minimum absolute atomic E-state index is 0.00589. The maximum atomic E-state index is 11.8. The lowest BCUT2D eigenvalue weighted by Crippen LogP contribution is -2.08. The molecule has 2 rings (SSSR count). The van der Waals surface area contributed by atoms with E-state index in [1.165, 1.54) is 35.6 Å². The Morgan fingerprint density at radius 1 is 1.29 bits per heavy atom. The summed E-state index contributed by atoms with van der Waals surface area (Å²) in [6, 6.07) is 8.02. The second-order valence-electron chi connectivity index (χ2n) is 3.96. The smallest absolute Gasteiger partial charge is 0.337 e. The van der Waals surface area contributed by atoms with Crippen LogP contribution in [0.4, 0.5) is 5.69 Å². The van der Waals surface area contributed by atoms with Crippen molar-refractivity contribution in [2.45, 2.75) is 0 Å². The van der Waals surface area contributed by atoms with E-state index in [2.05, 4.69) is 21.2 Å². The highest BCUT2D eigenvalue weighted by Gasteiger charge is 2.09. The van der Waals surface area contributed by atoms with Crippen LogP contribution in [-0.4, -0.2) is 17.0 Å². The summed E-state index contributed by atoms with van der Waals surface area (Å²) in [7, 11) is 0. The van der Waals surface area contributed by atoms with Gasteiger partial charge in [0.2, 0.25) is 5.91 Å². The van der Waals surface area contributed by atoms with Gasteiger partial charge in [-0.2, -0.15) is 0 Å². The molecule has 2 N–H and O–H groups in total. The van der Waals surface area contributed by atoms with Gasteiger partial charge in [0.25, 0.3) is 0 Å². The number of carbonyl (C=O) groups is 2. The van der Waals surface area contributed by atoms with Crippen molar-refractivity contribution >= 4 is 62.5 Å². The number of halogens is 2. The van der Waals surface area contributed by atoms with E-state index in [-0.39, 0.29) is 16.5 Å². The highest BCUT2D eigenvalue weighted by atomic mass is 79.9. The third-order valence-corrected chi connectivity index (χ3v) is 4.36. The van der Waals surface area contributed by atoms with E-state index < -0.39 is 5.97 Å². The van der Waals surface area contributed by atoms with E-state index in [1.807, 2.05) is 12.1 Å². The molecular weight excluding hydrogens is 378 g/mol. The summed E-state index contributed by atoms with van der Waals surface area (Å²) in [6.45, 7) is 0. The fourth-order valence-electron chi connectivity index (χ4n) is 1.53. The molecule has 7 heteroatoms. The standard InChI is InChI=1S/C14H9BrClNO3S/c15-12-5-2-9(21-12)3-6-13(18)17-8-1-4-10(14(19)20)11(16)7-8/h1-7H,(H,17,18)(H,19,20). The molecule has 1 amide bonds. The number of carboxylic acids is 1. The zero-order valence-corrected chi connectivity index (χ0v) is 13.6. The van der Waals surface area contributed by atoms with Crippen LogP contribution in [0.2, 0.25) is 5.02 Å². The average molecular weight is 387 g/mol. The van der Waals surface area contributed by atoms with Crippen molar-refractivity contribution in [3.05, 3.63) is 55.7 Å². The monoisotopic (exact) mass is 385 g/mol. The molecule has 2 aromatic rings. The minimum atomic E-state index is -1.11. The van der Waals surface area contributed by atoms with Crippen LogP contribution >= 0.6 is 38.9 Å². The summed E-state index contributed by atoms with van der Waals surface area (Å²) in [5, 5.41) is 11.6. The maximum Gasteiger partial charge on any atom is 0.337 e. The molecule has 0 radical (unpaired) electrons. The third-order valence-electron chi connectivity index (χ3n) is 2.46. The van der Waals surface area contributed by atoms with Crippen LogP contribution in [0, 0.1) is 0 Å². The molecule has 0 fully saturated rings. The van der Waals surface area contributed by atoms with Crippen LogP contribution in [0.25, 0.3) is 6.08 Å². The van der Waals surface area contributed by atoms with Crippen molar-refractivity contribution < 1.29 is 14.7 Å². The van der Waals surface area contributed by atoms with E-state index in [0.717, 1.165) is 8.66 Å². The van der Waals surface area contributed by atoms with Crippen LogP contribution in [0.5, 0.6) is 0 Å². The first-order valence-electron chi connectivity index (χ1n) is 5.73. The van der Waals surface area contributed by atoms with Crippen molar-refractivity contribution in [2.24, 2.45) is 0 Å². The molecule has 1 aromatic heterocycles. The number of aromatic carboxylic acids is 1. The van der Waals surface area contributed by atoms with Crippen LogP contribution in [0.1, 0.15) is 15.2 Å². The molecular formula is C14H9BrClNO3S. The topological polar surface area (TPSA) is 66.4 Å². The predicted molar refractivity (Wildman–Crippen MR) is 88.1 cm³/mol. The van der Waals surface area contributed by atoms with Gasteiger partial charge in [0, 0.05) is 16.6 Å². The molecule has 0 aliphatic rings. The lowest BCUT2D eigenvalue weighted by Gasteiger charge is -2.04. The summed E-state index contributed by atoms with van der Waals surface area (Å²) in [4.78, 5) is 23.5. The van der Waals surface area contributed by atoms with Crippen molar-refractivity contribution in [1.29, 1.82) is 0 Å². The van der Waals surface area contributed by atoms with E-state index in [4.69, 9.17) is 16.7 Å². The Morgan fingerprint density at radius 3 is 2.62 bits per heavy atom. The van der Waals surface area contributed by atoms with Gasteiger partial charge >= 0.3 is 5.97 Å². The number of benzene rings is 1. The SMILES string of the molecule is O=C(C=Cc1ccc(Br)s1)Nc1ccc(C(=O)O)c(Cl)c1. The first-order chi connectivity index (χ1) is 9.95. The third kappa shape index (κ3) is 4.42. The fraction of sp³-hybridized carbons (Fsp3) is 0. The molecule has 0 unspecified atom stereocenters. The molecule has 108 valence electrons. The average Bonchev–Trinajstić information content (AvgIpc) is 2.82. The Morgan fingerprint density at radius 2 is 2.05 bits per heavy atom. The number of carboxylic acid groups (broad SMARTS) is 1. The van der Waals surface area contributed by atoms with Crippen molar-refractivity contribution in [1.82, 2.24) is 0 Å². The summed E-state index contributed by atoms with van der Waals surface area (Å²) < 4.78 is 0.985. The molecule has 0 aliphatic carbocycles. The van der Waals surface area contributed by atoms with Gasteiger partial charge in [-0.3, -0.25) is 4.79 Å². The van der Waals surface area contributed by atoms with Gasteiger partial charge in [-0.25, -0.2) is 4.79 Å². The molecule has 1 aromatic carbocycles. The van der Waals surface area contributed by atoms with Crippen LogP contribution in [0.3, 0.4) is 0 Å². The lowest BCUT2D eigenvalue weighted by molar-refractivity contribution is -0.111. The second kappa shape index (κ2) is 6.89. The molecule has 4 nitrogen and oxygen atoms in total. The zero-order valence-electron chi connectivity index (χ0n) is 10.5. The Balaban J connectivity index is 2.04. The van der Waals surface area contributed by atoms with E-state index >= 15 is 0 Å². The van der Waals surface area contributed by atoms with Gasteiger partial charge in [-0.15, -0.1) is 11.3 Å². The molecule has 0 saturated carbocycles. The summed E-state index contributed by atoms with van der Waals surface area (Å²) >= 11 is 10.7. The molecule has 0 spiro atoms. The van der Waals surface area contributed by atoms with Crippen LogP contribution in [-0.2, 0) is 4.79 Å². The van der Waals surface area contributed by atoms with Crippen molar-refractivity contribution in [2.75, 3.05) is 5.32 Å². The molecule has 0 atom stereocenters. The Hall–Kier alpha value is -1.63. The summed E-state index contributed by atoms with van der Waals surface area (Å²) in [5.74, 6) is -1.43. The quantitative estimate of drug-likeness (QED) is 0.760. The van der Waals surface area contributed by atoms with Crippen molar-refractivity contribution in [3.8, 4) is 0 Å². The Kier molecular flexibility index (Phi) is 5.17. The summed E-state index contributed by atoms with van der Waals surface area (Å²) in [5.41, 5.74) is 0.431. The van der Waals surface area contributed by atoms with E-state index in [9.17, 15) is 9.59 Å². The lowest BCUT2D eigenvalue weighted by atomic mass is 10.2. The molecule has 0 saturated heterocycles.